The smallest absolute Gasteiger partial charge is 0.227 e. The van der Waals surface area contributed by atoms with Crippen LogP contribution in [0.15, 0.2) is 179 Å². The summed E-state index contributed by atoms with van der Waals surface area (Å²) in [5.74, 6) is 0.605. The standard InChI is InChI=1S/C43H28N2O2/c1-4-11-29(12-5-1)32-15-10-16-33(25-32)30-19-21-35(22-20-30)45(34-17-8-3-9-18-34)36-23-24-37-38-27-42-39(28-41(38)46-40(37)26-36)44-43(47-42)31-13-6-2-7-14-31/h1-28H. The third kappa shape index (κ3) is 4.93. The number of fused-ring (bicyclic) bond motifs is 4. The van der Waals surface area contributed by atoms with E-state index in [0.29, 0.717) is 5.89 Å². The first kappa shape index (κ1) is 27.0. The highest BCUT2D eigenvalue weighted by Gasteiger charge is 2.17. The minimum absolute atomic E-state index is 0.605. The number of oxazole rings is 1. The van der Waals surface area contributed by atoms with Crippen LogP contribution in [-0.4, -0.2) is 4.98 Å². The van der Waals surface area contributed by atoms with Crippen LogP contribution in [0.25, 0.3) is 66.7 Å². The van der Waals surface area contributed by atoms with Gasteiger partial charge in [0.2, 0.25) is 5.89 Å². The summed E-state index contributed by atoms with van der Waals surface area (Å²) >= 11 is 0. The van der Waals surface area contributed by atoms with E-state index in [-0.39, 0.29) is 0 Å². The van der Waals surface area contributed by atoms with Gasteiger partial charge in [0, 0.05) is 45.5 Å². The molecule has 0 saturated carbocycles. The van der Waals surface area contributed by atoms with Crippen LogP contribution < -0.4 is 4.90 Å². The van der Waals surface area contributed by atoms with E-state index in [1.54, 1.807) is 0 Å². The Morgan fingerprint density at radius 3 is 1.66 bits per heavy atom. The zero-order valence-corrected chi connectivity index (χ0v) is 25.4. The molecule has 0 aliphatic carbocycles. The Bertz CT molecular complexity index is 2500. The minimum atomic E-state index is 0.605. The van der Waals surface area contributed by atoms with Crippen molar-refractivity contribution in [1.29, 1.82) is 0 Å². The fourth-order valence-electron chi connectivity index (χ4n) is 6.37. The lowest BCUT2D eigenvalue weighted by molar-refractivity contribution is 0.620. The first-order valence-corrected chi connectivity index (χ1v) is 15.7. The van der Waals surface area contributed by atoms with Gasteiger partial charge in [-0.1, -0.05) is 97.1 Å². The molecule has 7 aromatic carbocycles. The first-order chi connectivity index (χ1) is 23.3. The van der Waals surface area contributed by atoms with Crippen LogP contribution in [0.2, 0.25) is 0 Å². The van der Waals surface area contributed by atoms with Gasteiger partial charge in [0.05, 0.1) is 0 Å². The van der Waals surface area contributed by atoms with Gasteiger partial charge in [-0.15, -0.1) is 0 Å². The Morgan fingerprint density at radius 1 is 0.362 bits per heavy atom. The van der Waals surface area contributed by atoms with Crippen molar-refractivity contribution in [3.05, 3.63) is 170 Å². The predicted octanol–water partition coefficient (Wildman–Crippen LogP) is 12.2. The van der Waals surface area contributed by atoms with Crippen molar-refractivity contribution in [3.8, 4) is 33.7 Å². The van der Waals surface area contributed by atoms with Crippen molar-refractivity contribution in [2.75, 3.05) is 4.90 Å². The maximum atomic E-state index is 6.45. The summed E-state index contributed by atoms with van der Waals surface area (Å²) in [6, 6.07) is 58.8. The van der Waals surface area contributed by atoms with Gasteiger partial charge >= 0.3 is 0 Å². The number of benzene rings is 7. The fraction of sp³-hybridized carbons (Fsp3) is 0. The molecule has 4 heteroatoms. The maximum absolute atomic E-state index is 6.45. The zero-order valence-electron chi connectivity index (χ0n) is 25.4. The summed E-state index contributed by atoms with van der Waals surface area (Å²) in [4.78, 5) is 7.00. The van der Waals surface area contributed by atoms with E-state index in [4.69, 9.17) is 13.8 Å². The Balaban J connectivity index is 1.09. The van der Waals surface area contributed by atoms with Crippen LogP contribution in [0.3, 0.4) is 0 Å². The number of para-hydroxylation sites is 1. The average Bonchev–Trinajstić information content (AvgIpc) is 3.72. The van der Waals surface area contributed by atoms with Gasteiger partial charge in [-0.3, -0.25) is 0 Å². The van der Waals surface area contributed by atoms with Crippen LogP contribution in [0.1, 0.15) is 0 Å². The van der Waals surface area contributed by atoms with Gasteiger partial charge in [0.25, 0.3) is 0 Å². The maximum Gasteiger partial charge on any atom is 0.227 e. The first-order valence-electron chi connectivity index (χ1n) is 15.7. The molecule has 0 fully saturated rings. The molecular weight excluding hydrogens is 576 g/mol. The van der Waals surface area contributed by atoms with Gasteiger partial charge in [-0.2, -0.15) is 0 Å². The van der Waals surface area contributed by atoms with E-state index in [0.717, 1.165) is 55.7 Å². The normalized spacial score (nSPS) is 11.4. The van der Waals surface area contributed by atoms with Crippen molar-refractivity contribution < 1.29 is 8.83 Å². The summed E-state index contributed by atoms with van der Waals surface area (Å²) in [6.07, 6.45) is 0. The van der Waals surface area contributed by atoms with Gasteiger partial charge in [-0.05, 0) is 82.9 Å². The molecule has 0 atom stereocenters. The number of furan rings is 1. The molecule has 0 aliphatic rings. The second-order valence-electron chi connectivity index (χ2n) is 11.6. The van der Waals surface area contributed by atoms with Crippen LogP contribution >= 0.6 is 0 Å². The summed E-state index contributed by atoms with van der Waals surface area (Å²) in [5, 5.41) is 2.04. The van der Waals surface area contributed by atoms with Crippen molar-refractivity contribution in [2.45, 2.75) is 0 Å². The number of aromatic nitrogens is 1. The number of hydrogen-bond donors (Lipinski definition) is 0. The fourth-order valence-corrected chi connectivity index (χ4v) is 6.37. The Hall–Kier alpha value is -6.39. The molecule has 0 bridgehead atoms. The van der Waals surface area contributed by atoms with E-state index < -0.39 is 0 Å². The highest BCUT2D eigenvalue weighted by Crippen LogP contribution is 2.40. The van der Waals surface area contributed by atoms with Gasteiger partial charge in [0.15, 0.2) is 5.58 Å². The summed E-state index contributed by atoms with van der Waals surface area (Å²) in [6.45, 7) is 0. The third-order valence-corrected chi connectivity index (χ3v) is 8.69. The number of anilines is 3. The molecule has 9 aromatic rings. The van der Waals surface area contributed by atoms with Gasteiger partial charge in [0.1, 0.15) is 16.7 Å². The lowest BCUT2D eigenvalue weighted by Crippen LogP contribution is -2.09. The highest BCUT2D eigenvalue weighted by molar-refractivity contribution is 6.09. The van der Waals surface area contributed by atoms with Crippen molar-refractivity contribution in [3.63, 3.8) is 0 Å². The minimum Gasteiger partial charge on any atom is -0.456 e. The van der Waals surface area contributed by atoms with Crippen LogP contribution in [0, 0.1) is 0 Å². The predicted molar refractivity (Wildman–Crippen MR) is 192 cm³/mol. The van der Waals surface area contributed by atoms with Gasteiger partial charge in [-0.25, -0.2) is 4.98 Å². The van der Waals surface area contributed by atoms with Crippen molar-refractivity contribution in [1.82, 2.24) is 4.98 Å². The SMILES string of the molecule is c1ccc(-c2cccc(-c3ccc(N(c4ccccc4)c4ccc5c(c4)oc4cc6nc(-c7ccccc7)oc6cc45)cc3)c2)cc1. The van der Waals surface area contributed by atoms with E-state index in [1.807, 2.05) is 54.6 Å². The molecule has 0 unspecified atom stereocenters. The molecule has 2 aromatic heterocycles. The topological polar surface area (TPSA) is 42.4 Å². The molecule has 222 valence electrons. The molecule has 4 nitrogen and oxygen atoms in total. The summed E-state index contributed by atoms with van der Waals surface area (Å²) in [7, 11) is 0. The largest absolute Gasteiger partial charge is 0.456 e. The summed E-state index contributed by atoms with van der Waals surface area (Å²) < 4.78 is 12.6. The molecule has 0 aliphatic heterocycles. The third-order valence-electron chi connectivity index (χ3n) is 8.69. The zero-order chi connectivity index (χ0) is 31.2. The lowest BCUT2D eigenvalue weighted by Gasteiger charge is -2.25. The Kier molecular flexibility index (Phi) is 6.43. The van der Waals surface area contributed by atoms with E-state index >= 15 is 0 Å². The molecule has 0 spiro atoms. The Morgan fingerprint density at radius 2 is 0.936 bits per heavy atom. The van der Waals surface area contributed by atoms with Crippen molar-refractivity contribution in [2.24, 2.45) is 0 Å². The van der Waals surface area contributed by atoms with Crippen LogP contribution in [-0.2, 0) is 0 Å². The van der Waals surface area contributed by atoms with Crippen LogP contribution in [0.5, 0.6) is 0 Å². The average molecular weight is 605 g/mol. The number of nitrogens with zero attached hydrogens (tertiary/aromatic N) is 2. The molecule has 0 N–H and O–H groups in total. The second kappa shape index (κ2) is 11.2. The van der Waals surface area contributed by atoms with E-state index in [2.05, 4.69) is 120 Å². The second-order valence-corrected chi connectivity index (χ2v) is 11.6. The van der Waals surface area contributed by atoms with E-state index in [9.17, 15) is 0 Å². The molecule has 47 heavy (non-hydrogen) atoms. The molecular formula is C43H28N2O2. The molecule has 0 saturated heterocycles. The highest BCUT2D eigenvalue weighted by atomic mass is 16.4. The lowest BCUT2D eigenvalue weighted by atomic mass is 9.99. The monoisotopic (exact) mass is 604 g/mol. The molecule has 0 amide bonds. The Labute approximate surface area is 271 Å². The molecule has 9 rings (SSSR count). The van der Waals surface area contributed by atoms with Crippen LogP contribution in [0.4, 0.5) is 17.1 Å². The van der Waals surface area contributed by atoms with Gasteiger partial charge < -0.3 is 13.7 Å². The number of rotatable bonds is 6. The van der Waals surface area contributed by atoms with Crippen molar-refractivity contribution >= 4 is 50.1 Å². The molecule has 2 heterocycles. The number of hydrogen-bond acceptors (Lipinski definition) is 4. The molecule has 0 radical (unpaired) electrons. The summed E-state index contributed by atoms with van der Waals surface area (Å²) in [5.41, 5.74) is 12.0. The quantitative estimate of drug-likeness (QED) is 0.189. The van der Waals surface area contributed by atoms with E-state index in [1.165, 1.54) is 22.3 Å².